The SMILES string of the molecule is C/C=C/c1cc(C=O)n(C)c1.C=CC. The molecule has 0 aliphatic carbocycles. The van der Waals surface area contributed by atoms with Crippen LogP contribution in [0.5, 0.6) is 0 Å². The molecule has 1 aromatic heterocycles. The molecule has 0 radical (unpaired) electrons. The summed E-state index contributed by atoms with van der Waals surface area (Å²) in [7, 11) is 1.86. The molecule has 0 unspecified atom stereocenters. The van der Waals surface area contributed by atoms with Crippen molar-refractivity contribution in [2.45, 2.75) is 13.8 Å². The summed E-state index contributed by atoms with van der Waals surface area (Å²) in [6.07, 6.45) is 8.44. The van der Waals surface area contributed by atoms with Crippen LogP contribution in [0.1, 0.15) is 29.9 Å². The van der Waals surface area contributed by atoms with Crippen molar-refractivity contribution in [3.63, 3.8) is 0 Å². The molecule has 0 spiro atoms. The first-order chi connectivity index (χ1) is 6.69. The maximum absolute atomic E-state index is 10.4. The van der Waals surface area contributed by atoms with E-state index in [9.17, 15) is 4.79 Å². The van der Waals surface area contributed by atoms with E-state index in [0.717, 1.165) is 11.8 Å². The summed E-state index contributed by atoms with van der Waals surface area (Å²) in [4.78, 5) is 10.4. The number of rotatable bonds is 2. The smallest absolute Gasteiger partial charge is 0.166 e. The highest BCUT2D eigenvalue weighted by atomic mass is 16.1. The normalized spacial score (nSPS) is 9.36. The Labute approximate surface area is 85.6 Å². The lowest BCUT2D eigenvalue weighted by Gasteiger charge is -1.88. The molecule has 0 aliphatic heterocycles. The van der Waals surface area contributed by atoms with Crippen molar-refractivity contribution in [2.24, 2.45) is 7.05 Å². The summed E-state index contributed by atoms with van der Waals surface area (Å²) in [5, 5.41) is 0. The summed E-state index contributed by atoms with van der Waals surface area (Å²) in [5.41, 5.74) is 1.77. The number of aldehydes is 1. The lowest BCUT2D eigenvalue weighted by molar-refractivity contribution is 0.111. The monoisotopic (exact) mass is 191 g/mol. The van der Waals surface area contributed by atoms with Crippen LogP contribution < -0.4 is 0 Å². The zero-order chi connectivity index (χ0) is 11.0. The minimum absolute atomic E-state index is 0.707. The molecule has 14 heavy (non-hydrogen) atoms. The second kappa shape index (κ2) is 6.89. The van der Waals surface area contributed by atoms with Crippen molar-refractivity contribution in [3.05, 3.63) is 42.3 Å². The van der Waals surface area contributed by atoms with Crippen LogP contribution in [0.15, 0.2) is 31.0 Å². The lowest BCUT2D eigenvalue weighted by atomic mass is 10.3. The van der Waals surface area contributed by atoms with E-state index in [1.807, 2.05) is 49.9 Å². The van der Waals surface area contributed by atoms with Gasteiger partial charge in [0.25, 0.3) is 0 Å². The van der Waals surface area contributed by atoms with Gasteiger partial charge in [0.2, 0.25) is 0 Å². The highest BCUT2D eigenvalue weighted by Gasteiger charge is 1.97. The number of aryl methyl sites for hydroxylation is 1. The van der Waals surface area contributed by atoms with Crippen LogP contribution in [0, 0.1) is 0 Å². The van der Waals surface area contributed by atoms with E-state index in [4.69, 9.17) is 0 Å². The Kier molecular flexibility index (Phi) is 6.12. The van der Waals surface area contributed by atoms with E-state index < -0.39 is 0 Å². The van der Waals surface area contributed by atoms with E-state index in [-0.39, 0.29) is 0 Å². The third kappa shape index (κ3) is 3.90. The van der Waals surface area contributed by atoms with Gasteiger partial charge in [0.05, 0.1) is 5.69 Å². The number of hydrogen-bond acceptors (Lipinski definition) is 1. The molecule has 0 aromatic carbocycles. The number of hydrogen-bond donors (Lipinski definition) is 0. The van der Waals surface area contributed by atoms with Gasteiger partial charge in [-0.05, 0) is 25.5 Å². The van der Waals surface area contributed by atoms with Gasteiger partial charge in [-0.15, -0.1) is 6.58 Å². The maximum Gasteiger partial charge on any atom is 0.166 e. The van der Waals surface area contributed by atoms with Crippen molar-refractivity contribution < 1.29 is 4.79 Å². The standard InChI is InChI=1S/C9H11NO.C3H6/c1-3-4-8-5-9(7-11)10(2)6-8;1-3-2/h3-7H,1-2H3;3H,1H2,2H3/b4-3+;. The molecule has 0 amide bonds. The van der Waals surface area contributed by atoms with E-state index >= 15 is 0 Å². The molecule has 2 nitrogen and oxygen atoms in total. The molecule has 0 saturated heterocycles. The molecule has 0 N–H and O–H groups in total. The second-order valence-corrected chi connectivity index (χ2v) is 2.84. The second-order valence-electron chi connectivity index (χ2n) is 2.84. The highest BCUT2D eigenvalue weighted by Crippen LogP contribution is 2.06. The Morgan fingerprint density at radius 1 is 1.43 bits per heavy atom. The number of carbonyl (C=O) groups excluding carboxylic acids is 1. The van der Waals surface area contributed by atoms with Gasteiger partial charge >= 0.3 is 0 Å². The fourth-order valence-electron chi connectivity index (χ4n) is 1.01. The molecular weight excluding hydrogens is 174 g/mol. The van der Waals surface area contributed by atoms with Crippen LogP contribution >= 0.6 is 0 Å². The molecule has 2 heteroatoms. The molecule has 0 bridgehead atoms. The van der Waals surface area contributed by atoms with Crippen LogP contribution in [-0.4, -0.2) is 10.9 Å². The van der Waals surface area contributed by atoms with Gasteiger partial charge in [-0.2, -0.15) is 0 Å². The first-order valence-electron chi connectivity index (χ1n) is 4.50. The molecule has 76 valence electrons. The Balaban J connectivity index is 0.000000500. The Bertz CT molecular complexity index is 321. The van der Waals surface area contributed by atoms with Crippen molar-refractivity contribution in [1.29, 1.82) is 0 Å². The molecule has 0 atom stereocenters. The predicted molar refractivity (Wildman–Crippen MR) is 61.4 cm³/mol. The largest absolute Gasteiger partial charge is 0.348 e. The van der Waals surface area contributed by atoms with E-state index in [1.165, 1.54) is 0 Å². The van der Waals surface area contributed by atoms with Gasteiger partial charge in [-0.3, -0.25) is 4.79 Å². The zero-order valence-corrected chi connectivity index (χ0v) is 9.03. The molecule has 1 aromatic rings. The van der Waals surface area contributed by atoms with Gasteiger partial charge in [-0.1, -0.05) is 18.2 Å². The van der Waals surface area contributed by atoms with Crippen LogP contribution in [0.2, 0.25) is 0 Å². The van der Waals surface area contributed by atoms with Crippen LogP contribution in [0.3, 0.4) is 0 Å². The van der Waals surface area contributed by atoms with Crippen molar-refractivity contribution in [2.75, 3.05) is 0 Å². The van der Waals surface area contributed by atoms with Gasteiger partial charge in [0.15, 0.2) is 6.29 Å². The fraction of sp³-hybridized carbons (Fsp3) is 0.250. The highest BCUT2D eigenvalue weighted by molar-refractivity contribution is 5.74. The Morgan fingerprint density at radius 2 is 2.00 bits per heavy atom. The van der Waals surface area contributed by atoms with Crippen LogP contribution in [0.25, 0.3) is 6.08 Å². The maximum atomic E-state index is 10.4. The summed E-state index contributed by atoms with van der Waals surface area (Å²) < 4.78 is 1.81. The molecule has 1 heterocycles. The topological polar surface area (TPSA) is 22.0 Å². The number of carbonyl (C=O) groups is 1. The van der Waals surface area contributed by atoms with Crippen LogP contribution in [-0.2, 0) is 7.05 Å². The first-order valence-corrected chi connectivity index (χ1v) is 4.50. The van der Waals surface area contributed by atoms with Gasteiger partial charge in [0, 0.05) is 13.2 Å². The number of nitrogens with zero attached hydrogens (tertiary/aromatic N) is 1. The van der Waals surface area contributed by atoms with E-state index in [1.54, 1.807) is 6.08 Å². The van der Waals surface area contributed by atoms with Gasteiger partial charge in [-0.25, -0.2) is 0 Å². The fourth-order valence-corrected chi connectivity index (χ4v) is 1.01. The summed E-state index contributed by atoms with van der Waals surface area (Å²) in [6.45, 7) is 7.20. The van der Waals surface area contributed by atoms with E-state index in [2.05, 4.69) is 6.58 Å². The van der Waals surface area contributed by atoms with Gasteiger partial charge < -0.3 is 4.57 Å². The molecular formula is C12H17NO. The molecule has 1 rings (SSSR count). The van der Waals surface area contributed by atoms with Gasteiger partial charge in [0.1, 0.15) is 0 Å². The predicted octanol–water partition coefficient (Wildman–Crippen LogP) is 3.06. The summed E-state index contributed by atoms with van der Waals surface area (Å²) in [6, 6.07) is 1.85. The van der Waals surface area contributed by atoms with Crippen molar-refractivity contribution >= 4 is 12.4 Å². The molecule has 0 saturated carbocycles. The Morgan fingerprint density at radius 3 is 2.36 bits per heavy atom. The number of allylic oxidation sites excluding steroid dienone is 2. The Hall–Kier alpha value is -1.57. The zero-order valence-electron chi connectivity index (χ0n) is 9.03. The van der Waals surface area contributed by atoms with E-state index in [0.29, 0.717) is 5.69 Å². The average molecular weight is 191 g/mol. The minimum Gasteiger partial charge on any atom is -0.348 e. The minimum atomic E-state index is 0.707. The first kappa shape index (κ1) is 12.4. The average Bonchev–Trinajstić information content (AvgIpc) is 2.48. The molecule has 0 fully saturated rings. The molecule has 0 aliphatic rings. The quantitative estimate of drug-likeness (QED) is 0.520. The summed E-state index contributed by atoms with van der Waals surface area (Å²) in [5.74, 6) is 0. The lowest BCUT2D eigenvalue weighted by Crippen LogP contribution is -1.90. The number of aromatic nitrogens is 1. The van der Waals surface area contributed by atoms with Crippen molar-refractivity contribution in [1.82, 2.24) is 4.57 Å². The summed E-state index contributed by atoms with van der Waals surface area (Å²) >= 11 is 0. The van der Waals surface area contributed by atoms with Crippen LogP contribution in [0.4, 0.5) is 0 Å². The third-order valence-corrected chi connectivity index (χ3v) is 1.54. The third-order valence-electron chi connectivity index (χ3n) is 1.54. The van der Waals surface area contributed by atoms with Crippen molar-refractivity contribution in [3.8, 4) is 0 Å².